The molecule has 4 rings (SSSR count). The van der Waals surface area contributed by atoms with Gasteiger partial charge in [-0.15, -0.1) is 0 Å². The number of carbonyl (C=O) groups is 1. The van der Waals surface area contributed by atoms with Crippen LogP contribution < -0.4 is 4.74 Å². The number of Topliss-reactive ketones (excluding diaryl/α,β-unsaturated/α-hetero) is 1. The molecule has 1 aromatic heterocycles. The normalized spacial score (nSPS) is 10.9. The zero-order valence-corrected chi connectivity index (χ0v) is 19.8. The number of nitrogens with zero attached hydrogens (tertiary/aromatic N) is 2. The average molecular weight is 520 g/mol. The van der Waals surface area contributed by atoms with Gasteiger partial charge in [-0.3, -0.25) is 4.79 Å². The Morgan fingerprint density at radius 2 is 1.59 bits per heavy atom. The molecule has 172 valence electrons. The Balaban J connectivity index is 2.03. The maximum absolute atomic E-state index is 13.9. The fourth-order valence-electron chi connectivity index (χ4n) is 3.20. The van der Waals surface area contributed by atoms with Gasteiger partial charge in [-0.1, -0.05) is 53.9 Å². The SMILES string of the molecule is CCC(=O)c1nc(Oc2ccc(F)c(F)c2)c(-c2ccc(Cl)cc2)c(-c2ccc(Cl)cc2Cl)n1. The van der Waals surface area contributed by atoms with E-state index in [-0.39, 0.29) is 34.7 Å². The highest BCUT2D eigenvalue weighted by molar-refractivity contribution is 6.36. The summed E-state index contributed by atoms with van der Waals surface area (Å²) in [5, 5.41) is 1.20. The number of ether oxygens (including phenoxy) is 1. The van der Waals surface area contributed by atoms with E-state index in [1.807, 2.05) is 0 Å². The number of carbonyl (C=O) groups excluding carboxylic acids is 1. The number of benzene rings is 3. The van der Waals surface area contributed by atoms with Crippen LogP contribution in [0.15, 0.2) is 60.7 Å². The van der Waals surface area contributed by atoms with E-state index in [1.165, 1.54) is 6.07 Å². The maximum atomic E-state index is 13.9. The van der Waals surface area contributed by atoms with Crippen LogP contribution in [0.4, 0.5) is 8.78 Å². The Morgan fingerprint density at radius 3 is 2.24 bits per heavy atom. The van der Waals surface area contributed by atoms with Crippen molar-refractivity contribution in [3.8, 4) is 34.0 Å². The van der Waals surface area contributed by atoms with Crippen molar-refractivity contribution < 1.29 is 18.3 Å². The molecule has 9 heteroatoms. The van der Waals surface area contributed by atoms with Gasteiger partial charge in [-0.2, -0.15) is 4.98 Å². The molecule has 0 bridgehead atoms. The van der Waals surface area contributed by atoms with E-state index in [0.29, 0.717) is 32.4 Å². The Bertz CT molecular complexity index is 1400. The van der Waals surface area contributed by atoms with Crippen molar-refractivity contribution in [2.24, 2.45) is 0 Å². The minimum absolute atomic E-state index is 0.0177. The second-order valence-corrected chi connectivity index (χ2v) is 8.44. The highest BCUT2D eigenvalue weighted by Crippen LogP contribution is 2.42. The highest BCUT2D eigenvalue weighted by atomic mass is 35.5. The predicted molar refractivity (Wildman–Crippen MR) is 129 cm³/mol. The predicted octanol–water partition coefficient (Wildman–Crippen LogP) is 8.43. The van der Waals surface area contributed by atoms with E-state index >= 15 is 0 Å². The standard InChI is InChI=1S/C25H15Cl3F2N2O2/c1-2-21(33)24-31-23(17-9-7-15(27)11-18(17)28)22(13-3-5-14(26)6-4-13)25(32-24)34-16-8-10-19(29)20(30)12-16/h3-12H,2H2,1H3. The molecule has 0 amide bonds. The van der Waals surface area contributed by atoms with Crippen LogP contribution >= 0.6 is 34.8 Å². The molecule has 0 aliphatic rings. The molecule has 0 unspecified atom stereocenters. The van der Waals surface area contributed by atoms with Crippen LogP contribution in [0.25, 0.3) is 22.4 Å². The molecular weight excluding hydrogens is 505 g/mol. The van der Waals surface area contributed by atoms with E-state index in [0.717, 1.165) is 12.1 Å². The summed E-state index contributed by atoms with van der Waals surface area (Å²) in [5.74, 6) is -2.63. The fourth-order valence-corrected chi connectivity index (χ4v) is 3.83. The van der Waals surface area contributed by atoms with Crippen molar-refractivity contribution in [2.45, 2.75) is 13.3 Å². The van der Waals surface area contributed by atoms with Crippen LogP contribution in [0.5, 0.6) is 11.6 Å². The molecule has 0 radical (unpaired) electrons. The summed E-state index contributed by atoms with van der Waals surface area (Å²) in [6, 6.07) is 14.7. The second kappa shape index (κ2) is 10.1. The zero-order chi connectivity index (χ0) is 24.4. The number of rotatable bonds is 6. The summed E-state index contributed by atoms with van der Waals surface area (Å²) in [6.45, 7) is 1.67. The smallest absolute Gasteiger partial charge is 0.231 e. The summed E-state index contributed by atoms with van der Waals surface area (Å²) in [6.07, 6.45) is 0.138. The van der Waals surface area contributed by atoms with Crippen LogP contribution in [0.1, 0.15) is 24.0 Å². The number of aromatic nitrogens is 2. The number of hydrogen-bond acceptors (Lipinski definition) is 4. The van der Waals surface area contributed by atoms with Gasteiger partial charge in [0.25, 0.3) is 0 Å². The molecule has 0 atom stereocenters. The average Bonchev–Trinajstić information content (AvgIpc) is 2.81. The number of ketones is 1. The first-order valence-corrected chi connectivity index (χ1v) is 11.2. The van der Waals surface area contributed by atoms with E-state index in [1.54, 1.807) is 49.4 Å². The van der Waals surface area contributed by atoms with Crippen LogP contribution in [-0.4, -0.2) is 15.8 Å². The van der Waals surface area contributed by atoms with Gasteiger partial charge in [-0.05, 0) is 48.0 Å². The van der Waals surface area contributed by atoms with Gasteiger partial charge in [-0.25, -0.2) is 13.8 Å². The van der Waals surface area contributed by atoms with E-state index in [4.69, 9.17) is 39.5 Å². The molecule has 0 spiro atoms. The molecule has 0 aliphatic heterocycles. The lowest BCUT2D eigenvalue weighted by Crippen LogP contribution is -2.09. The molecule has 3 aromatic carbocycles. The van der Waals surface area contributed by atoms with Crippen LogP contribution in [-0.2, 0) is 0 Å². The first-order chi connectivity index (χ1) is 16.3. The molecule has 0 aliphatic carbocycles. The molecule has 4 aromatic rings. The topological polar surface area (TPSA) is 52.1 Å². The monoisotopic (exact) mass is 518 g/mol. The summed E-state index contributed by atoms with van der Waals surface area (Å²) in [4.78, 5) is 21.4. The minimum atomic E-state index is -1.09. The van der Waals surface area contributed by atoms with Crippen LogP contribution in [0.2, 0.25) is 15.1 Å². The van der Waals surface area contributed by atoms with Crippen LogP contribution in [0.3, 0.4) is 0 Å². The van der Waals surface area contributed by atoms with Gasteiger partial charge < -0.3 is 4.74 Å². The van der Waals surface area contributed by atoms with Gasteiger partial charge in [0, 0.05) is 28.1 Å². The van der Waals surface area contributed by atoms with Gasteiger partial charge >= 0.3 is 0 Å². The maximum Gasteiger partial charge on any atom is 0.231 e. The first kappa shape index (κ1) is 24.1. The summed E-state index contributed by atoms with van der Waals surface area (Å²) >= 11 is 18.6. The van der Waals surface area contributed by atoms with Crippen molar-refractivity contribution in [3.63, 3.8) is 0 Å². The van der Waals surface area contributed by atoms with Crippen molar-refractivity contribution in [1.82, 2.24) is 9.97 Å². The lowest BCUT2D eigenvalue weighted by Gasteiger charge is -2.17. The molecule has 0 N–H and O–H groups in total. The lowest BCUT2D eigenvalue weighted by molar-refractivity contribution is 0.0977. The lowest BCUT2D eigenvalue weighted by atomic mass is 9.99. The molecule has 0 saturated heterocycles. The van der Waals surface area contributed by atoms with Crippen molar-refractivity contribution in [2.75, 3.05) is 0 Å². The molecule has 1 heterocycles. The first-order valence-electron chi connectivity index (χ1n) is 10.1. The summed E-state index contributed by atoms with van der Waals surface area (Å²) in [5.41, 5.74) is 1.74. The molecule has 0 fully saturated rings. The van der Waals surface area contributed by atoms with E-state index in [2.05, 4.69) is 9.97 Å². The summed E-state index contributed by atoms with van der Waals surface area (Å²) < 4.78 is 33.2. The Labute approximate surface area is 209 Å². The van der Waals surface area contributed by atoms with Crippen molar-refractivity contribution in [3.05, 3.63) is 93.2 Å². The highest BCUT2D eigenvalue weighted by Gasteiger charge is 2.24. The quantitative estimate of drug-likeness (QED) is 0.240. The minimum Gasteiger partial charge on any atom is -0.438 e. The number of halogens is 5. The van der Waals surface area contributed by atoms with Crippen molar-refractivity contribution in [1.29, 1.82) is 0 Å². The number of hydrogen-bond donors (Lipinski definition) is 0. The third-order valence-corrected chi connectivity index (χ3v) is 5.67. The zero-order valence-electron chi connectivity index (χ0n) is 17.6. The molecule has 4 nitrogen and oxygen atoms in total. The third-order valence-electron chi connectivity index (χ3n) is 4.87. The Hall–Kier alpha value is -3.06. The van der Waals surface area contributed by atoms with Crippen LogP contribution in [0, 0.1) is 11.6 Å². The Kier molecular flexibility index (Phi) is 7.12. The van der Waals surface area contributed by atoms with E-state index in [9.17, 15) is 13.6 Å². The summed E-state index contributed by atoms with van der Waals surface area (Å²) in [7, 11) is 0. The van der Waals surface area contributed by atoms with Gasteiger partial charge in [0.2, 0.25) is 5.88 Å². The molecule has 0 saturated carbocycles. The fraction of sp³-hybridized carbons (Fsp3) is 0.0800. The van der Waals surface area contributed by atoms with Gasteiger partial charge in [0.1, 0.15) is 5.75 Å². The van der Waals surface area contributed by atoms with Crippen molar-refractivity contribution >= 4 is 40.6 Å². The largest absolute Gasteiger partial charge is 0.438 e. The van der Waals surface area contributed by atoms with Gasteiger partial charge in [0.05, 0.1) is 16.3 Å². The molecular formula is C25H15Cl3F2N2O2. The third kappa shape index (κ3) is 5.04. The van der Waals surface area contributed by atoms with Gasteiger partial charge in [0.15, 0.2) is 23.2 Å². The Morgan fingerprint density at radius 1 is 0.882 bits per heavy atom. The van der Waals surface area contributed by atoms with E-state index < -0.39 is 11.6 Å². The molecule has 34 heavy (non-hydrogen) atoms. The second-order valence-electron chi connectivity index (χ2n) is 7.16.